The van der Waals surface area contributed by atoms with Gasteiger partial charge in [0.2, 0.25) is 5.91 Å². The monoisotopic (exact) mass is 806 g/mol. The molecule has 0 radical (unpaired) electrons. The van der Waals surface area contributed by atoms with Crippen molar-refractivity contribution in [2.45, 2.75) is 296 Å². The van der Waals surface area contributed by atoms with E-state index in [0.717, 1.165) is 57.8 Å². The van der Waals surface area contributed by atoms with Crippen molar-refractivity contribution in [1.29, 1.82) is 0 Å². The highest BCUT2D eigenvalue weighted by molar-refractivity contribution is 5.77. The van der Waals surface area contributed by atoms with Gasteiger partial charge in [0.1, 0.15) is 6.10 Å². The summed E-state index contributed by atoms with van der Waals surface area (Å²) in [6.45, 7) is 6.48. The molecule has 0 saturated heterocycles. The first-order valence-electron chi connectivity index (χ1n) is 25.4. The first-order valence-corrected chi connectivity index (χ1v) is 25.4. The average molecular weight is 806 g/mol. The normalized spacial score (nSPS) is 13.3. The fourth-order valence-corrected chi connectivity index (χ4v) is 7.96. The minimum absolute atomic E-state index is 0.0737. The molecule has 0 spiro atoms. The molecule has 0 saturated carbocycles. The highest BCUT2D eigenvalue weighted by atomic mass is 16.5. The summed E-state index contributed by atoms with van der Waals surface area (Å²) >= 11 is 0. The van der Waals surface area contributed by atoms with Crippen LogP contribution in [-0.4, -0.2) is 46.9 Å². The lowest BCUT2D eigenvalue weighted by molar-refractivity contribution is -0.151. The lowest BCUT2D eigenvalue weighted by Gasteiger charge is -2.24. The average Bonchev–Trinajstić information content (AvgIpc) is 3.20. The summed E-state index contributed by atoms with van der Waals surface area (Å²) in [6.07, 6.45) is 49.8. The number of hydrogen-bond acceptors (Lipinski definition) is 5. The molecule has 0 fully saturated rings. The molecule has 0 aromatic heterocycles. The predicted octanol–water partition coefficient (Wildman–Crippen LogP) is 15.0. The van der Waals surface area contributed by atoms with Crippen LogP contribution in [-0.2, 0) is 14.3 Å². The van der Waals surface area contributed by atoms with Gasteiger partial charge in [-0.15, -0.1) is 0 Å². The summed E-state index contributed by atoms with van der Waals surface area (Å²) in [5.41, 5.74) is 0. The van der Waals surface area contributed by atoms with Crippen molar-refractivity contribution in [2.24, 2.45) is 0 Å². The number of esters is 1. The molecule has 57 heavy (non-hydrogen) atoms. The molecule has 0 heterocycles. The van der Waals surface area contributed by atoms with E-state index in [2.05, 4.69) is 38.2 Å². The molecule has 0 aromatic carbocycles. The van der Waals surface area contributed by atoms with Crippen LogP contribution in [0.15, 0.2) is 12.2 Å². The maximum absolute atomic E-state index is 13.2. The number of amides is 1. The van der Waals surface area contributed by atoms with E-state index in [0.29, 0.717) is 19.3 Å². The first-order chi connectivity index (χ1) is 28.0. The number of nitrogens with one attached hydrogen (secondary N) is 1. The zero-order valence-electron chi connectivity index (χ0n) is 38.5. The Morgan fingerprint density at radius 1 is 0.491 bits per heavy atom. The van der Waals surface area contributed by atoms with Gasteiger partial charge in [0.05, 0.1) is 25.2 Å². The first kappa shape index (κ1) is 55.6. The number of rotatable bonds is 46. The maximum atomic E-state index is 13.2. The van der Waals surface area contributed by atoms with E-state index in [1.807, 2.05) is 0 Å². The highest BCUT2D eigenvalue weighted by Gasteiger charge is 2.24. The minimum atomic E-state index is -0.784. The second kappa shape index (κ2) is 45.7. The van der Waals surface area contributed by atoms with Crippen LogP contribution in [0.5, 0.6) is 0 Å². The molecule has 0 aliphatic rings. The van der Waals surface area contributed by atoms with E-state index in [4.69, 9.17) is 4.74 Å². The molecule has 3 unspecified atom stereocenters. The molecule has 0 aliphatic carbocycles. The Morgan fingerprint density at radius 2 is 0.842 bits per heavy atom. The van der Waals surface area contributed by atoms with Gasteiger partial charge in [0, 0.05) is 6.42 Å². The topological polar surface area (TPSA) is 95.9 Å². The van der Waals surface area contributed by atoms with Crippen molar-refractivity contribution in [3.05, 3.63) is 12.2 Å². The van der Waals surface area contributed by atoms with Crippen molar-refractivity contribution in [3.63, 3.8) is 0 Å². The molecule has 3 atom stereocenters. The molecule has 6 heteroatoms. The van der Waals surface area contributed by atoms with Gasteiger partial charge in [-0.1, -0.05) is 226 Å². The second-order valence-electron chi connectivity index (χ2n) is 17.6. The van der Waals surface area contributed by atoms with Crippen LogP contribution in [0, 0.1) is 0 Å². The van der Waals surface area contributed by atoms with Crippen LogP contribution in [0.3, 0.4) is 0 Å². The third kappa shape index (κ3) is 41.1. The van der Waals surface area contributed by atoms with Gasteiger partial charge in [-0.3, -0.25) is 9.59 Å². The third-order valence-electron chi connectivity index (χ3n) is 11.8. The number of carbonyl (C=O) groups excluding carboxylic acids is 2. The second-order valence-corrected chi connectivity index (χ2v) is 17.6. The van der Waals surface area contributed by atoms with Gasteiger partial charge < -0.3 is 20.3 Å². The molecule has 0 aliphatic heterocycles. The van der Waals surface area contributed by atoms with Crippen molar-refractivity contribution in [3.8, 4) is 0 Å². The van der Waals surface area contributed by atoms with E-state index in [-0.39, 0.29) is 24.9 Å². The van der Waals surface area contributed by atoms with Crippen LogP contribution in [0.4, 0.5) is 0 Å². The van der Waals surface area contributed by atoms with Gasteiger partial charge in [-0.2, -0.15) is 0 Å². The van der Waals surface area contributed by atoms with Gasteiger partial charge in [0.25, 0.3) is 0 Å². The summed E-state index contributed by atoms with van der Waals surface area (Å²) < 4.78 is 5.92. The van der Waals surface area contributed by atoms with E-state index in [1.165, 1.54) is 173 Å². The molecule has 0 aromatic rings. The van der Waals surface area contributed by atoms with Crippen LogP contribution < -0.4 is 5.32 Å². The van der Waals surface area contributed by atoms with E-state index < -0.39 is 18.2 Å². The molecule has 3 N–H and O–H groups in total. The maximum Gasteiger partial charge on any atom is 0.306 e. The summed E-state index contributed by atoms with van der Waals surface area (Å²) in [5.74, 6) is -0.475. The fourth-order valence-electron chi connectivity index (χ4n) is 7.96. The summed E-state index contributed by atoms with van der Waals surface area (Å²) in [4.78, 5) is 26.1. The van der Waals surface area contributed by atoms with Crippen molar-refractivity contribution in [1.82, 2.24) is 5.32 Å². The van der Waals surface area contributed by atoms with E-state index in [1.54, 1.807) is 0 Å². The molecule has 338 valence electrons. The number of aliphatic hydroxyl groups is 2. The van der Waals surface area contributed by atoms with Crippen molar-refractivity contribution < 1.29 is 24.5 Å². The van der Waals surface area contributed by atoms with Gasteiger partial charge in [-0.05, 0) is 51.4 Å². The summed E-state index contributed by atoms with van der Waals surface area (Å²) in [6, 6.07) is -0.698. The van der Waals surface area contributed by atoms with E-state index >= 15 is 0 Å². The number of ether oxygens (including phenoxy) is 1. The fraction of sp³-hybridized carbons (Fsp3) is 0.922. The Hall–Kier alpha value is -1.40. The van der Waals surface area contributed by atoms with Crippen LogP contribution in [0.25, 0.3) is 0 Å². The summed E-state index contributed by atoms with van der Waals surface area (Å²) in [5, 5.41) is 23.7. The molecular weight excluding hydrogens is 707 g/mol. The summed E-state index contributed by atoms with van der Waals surface area (Å²) in [7, 11) is 0. The number of unbranched alkanes of at least 4 members (excludes halogenated alkanes) is 32. The molecule has 6 nitrogen and oxygen atoms in total. The van der Waals surface area contributed by atoms with Crippen LogP contribution >= 0.6 is 0 Å². The van der Waals surface area contributed by atoms with Gasteiger partial charge >= 0.3 is 5.97 Å². The molecule has 1 amide bonds. The Kier molecular flexibility index (Phi) is 44.6. The highest BCUT2D eigenvalue weighted by Crippen LogP contribution is 2.18. The standard InChI is InChI=1S/C51H99NO5/c1-4-7-10-13-16-19-22-23-24-25-26-29-30-33-36-39-42-47(57-51(56)44-41-38-35-32-28-21-18-15-12-9-6-3)45-50(55)52-48(46-53)49(54)43-40-37-34-31-27-20-17-14-11-8-5-2/h26,29,47-49,53-54H,4-25,27-28,30-46H2,1-3H3,(H,52,55)/b29-26+. The number of hydrogen-bond donors (Lipinski definition) is 3. The Labute approximate surface area is 355 Å². The van der Waals surface area contributed by atoms with Gasteiger partial charge in [-0.25, -0.2) is 0 Å². The largest absolute Gasteiger partial charge is 0.462 e. The zero-order chi connectivity index (χ0) is 41.7. The number of carbonyl (C=O) groups is 2. The lowest BCUT2D eigenvalue weighted by atomic mass is 10.0. The van der Waals surface area contributed by atoms with Crippen molar-refractivity contribution >= 4 is 11.9 Å². The Morgan fingerprint density at radius 3 is 1.26 bits per heavy atom. The SMILES string of the molecule is CCCCCCCCCCC/C=C/CCCCCC(CC(=O)NC(CO)C(O)CCCCCCCCCCCCC)OC(=O)CCCCCCCCCCCCC. The van der Waals surface area contributed by atoms with E-state index in [9.17, 15) is 19.8 Å². The van der Waals surface area contributed by atoms with Crippen LogP contribution in [0.1, 0.15) is 278 Å². The molecule has 0 rings (SSSR count). The minimum Gasteiger partial charge on any atom is -0.462 e. The number of aliphatic hydroxyl groups excluding tert-OH is 2. The number of allylic oxidation sites excluding steroid dienone is 2. The molecular formula is C51H99NO5. The van der Waals surface area contributed by atoms with Crippen LogP contribution in [0.2, 0.25) is 0 Å². The Balaban J connectivity index is 4.57. The lowest BCUT2D eigenvalue weighted by Crippen LogP contribution is -2.46. The zero-order valence-corrected chi connectivity index (χ0v) is 38.5. The predicted molar refractivity (Wildman–Crippen MR) is 246 cm³/mol. The smallest absolute Gasteiger partial charge is 0.306 e. The quantitative estimate of drug-likeness (QED) is 0.0323. The van der Waals surface area contributed by atoms with Gasteiger partial charge in [0.15, 0.2) is 0 Å². The Bertz CT molecular complexity index is 863. The molecule has 0 bridgehead atoms. The third-order valence-corrected chi connectivity index (χ3v) is 11.8. The van der Waals surface area contributed by atoms with Crippen molar-refractivity contribution in [2.75, 3.05) is 6.61 Å².